The Bertz CT molecular complexity index is 4990. The summed E-state index contributed by atoms with van der Waals surface area (Å²) in [5.74, 6) is 0. The van der Waals surface area contributed by atoms with Gasteiger partial charge in [-0.05, 0) is 145 Å². The second kappa shape index (κ2) is 18.2. The average molecular weight is 1040 g/mol. The minimum Gasteiger partial charge on any atom is -0.310 e. The number of anilines is 3. The molecule has 1 spiro atoms. The standard InChI is InChI=1S/C79H51N3/c1-2-20-54(21-3-1)60-24-4-5-25-61(60)64-27-7-13-35-73(64)80(57-45-40-52(41-46-57)55-22-18-23-59(50-55)81-74-36-14-8-28-65(74)66-29-9-15-37-75(66)81)58-47-42-53(43-48-58)56-44-49-63-62-26-6-11-32-69(62)79(72(63)51-56)70-33-12-17-39-77(70)82-76-38-16-10-30-67(76)68-31-19-34-71(79)78(68)82/h1-51H. The van der Waals surface area contributed by atoms with Crippen molar-refractivity contribution < 1.29 is 0 Å². The van der Waals surface area contributed by atoms with Crippen molar-refractivity contribution in [3.05, 3.63) is 332 Å². The number of nitrogens with zero attached hydrogens (tertiary/aromatic N) is 3. The van der Waals surface area contributed by atoms with Crippen LogP contribution < -0.4 is 4.90 Å². The van der Waals surface area contributed by atoms with Crippen LogP contribution in [0.5, 0.6) is 0 Å². The maximum absolute atomic E-state index is 2.52. The smallest absolute Gasteiger partial charge is 0.0754 e. The van der Waals surface area contributed by atoms with Gasteiger partial charge < -0.3 is 14.0 Å². The third kappa shape index (κ3) is 6.71. The van der Waals surface area contributed by atoms with E-state index < -0.39 is 5.41 Å². The largest absolute Gasteiger partial charge is 0.310 e. The van der Waals surface area contributed by atoms with Crippen molar-refractivity contribution in [2.24, 2.45) is 0 Å². The molecule has 2 aromatic heterocycles. The molecule has 3 heterocycles. The van der Waals surface area contributed by atoms with Gasteiger partial charge in [0.15, 0.2) is 0 Å². The number of para-hydroxylation sites is 6. The van der Waals surface area contributed by atoms with Gasteiger partial charge >= 0.3 is 0 Å². The Kier molecular flexibility index (Phi) is 10.2. The molecule has 1 atom stereocenters. The number of benzene rings is 13. The lowest BCUT2D eigenvalue weighted by atomic mass is 9.65. The first-order valence-electron chi connectivity index (χ1n) is 28.4. The fraction of sp³-hybridized carbons (Fsp3) is 0.0127. The van der Waals surface area contributed by atoms with E-state index in [9.17, 15) is 0 Å². The van der Waals surface area contributed by atoms with E-state index in [4.69, 9.17) is 0 Å². The molecule has 0 fully saturated rings. The van der Waals surface area contributed by atoms with Crippen LogP contribution in [0.2, 0.25) is 0 Å². The van der Waals surface area contributed by atoms with E-state index in [1.165, 1.54) is 105 Å². The van der Waals surface area contributed by atoms with Crippen molar-refractivity contribution >= 4 is 60.7 Å². The van der Waals surface area contributed by atoms with E-state index in [1.807, 2.05) is 0 Å². The van der Waals surface area contributed by atoms with Crippen LogP contribution in [0, 0.1) is 0 Å². The molecule has 2 aliphatic rings. The molecule has 0 amide bonds. The highest BCUT2D eigenvalue weighted by Gasteiger charge is 2.51. The maximum Gasteiger partial charge on any atom is 0.0754 e. The van der Waals surface area contributed by atoms with E-state index in [0.29, 0.717) is 0 Å². The molecule has 0 N–H and O–H groups in total. The summed E-state index contributed by atoms with van der Waals surface area (Å²) in [6.45, 7) is 0. The molecule has 382 valence electrons. The first kappa shape index (κ1) is 46.2. The molecule has 15 aromatic rings. The number of hydrogen-bond acceptors (Lipinski definition) is 1. The predicted molar refractivity (Wildman–Crippen MR) is 342 cm³/mol. The zero-order valence-corrected chi connectivity index (χ0v) is 44.8. The molecule has 1 aliphatic heterocycles. The molecular formula is C79H51N3. The molecule has 3 nitrogen and oxygen atoms in total. The van der Waals surface area contributed by atoms with Crippen molar-refractivity contribution in [2.45, 2.75) is 5.41 Å². The average Bonchev–Trinajstić information content (AvgIpc) is 3.56. The number of rotatable bonds is 8. The van der Waals surface area contributed by atoms with Gasteiger partial charge in [-0.1, -0.05) is 237 Å². The van der Waals surface area contributed by atoms with Gasteiger partial charge in [0.2, 0.25) is 0 Å². The van der Waals surface area contributed by atoms with Crippen molar-refractivity contribution in [2.75, 3.05) is 4.90 Å². The minimum absolute atomic E-state index is 0.530. The van der Waals surface area contributed by atoms with Crippen LogP contribution in [0.25, 0.3) is 111 Å². The first-order chi connectivity index (χ1) is 40.7. The monoisotopic (exact) mass is 1040 g/mol. The van der Waals surface area contributed by atoms with E-state index in [-0.39, 0.29) is 0 Å². The van der Waals surface area contributed by atoms with Crippen molar-refractivity contribution in [3.63, 3.8) is 0 Å². The zero-order chi connectivity index (χ0) is 53.9. The Labute approximate surface area is 476 Å². The van der Waals surface area contributed by atoms with Crippen LogP contribution in [-0.4, -0.2) is 9.13 Å². The number of hydrogen-bond donors (Lipinski definition) is 0. The molecule has 0 radical (unpaired) electrons. The quantitative estimate of drug-likeness (QED) is 0.148. The van der Waals surface area contributed by atoms with E-state index in [2.05, 4.69) is 323 Å². The Balaban J connectivity index is 0.805. The van der Waals surface area contributed by atoms with Gasteiger partial charge in [-0.15, -0.1) is 0 Å². The Morgan fingerprint density at radius 3 is 1.44 bits per heavy atom. The van der Waals surface area contributed by atoms with E-state index in [0.717, 1.165) is 45.0 Å². The van der Waals surface area contributed by atoms with Gasteiger partial charge in [0, 0.05) is 44.2 Å². The number of aromatic nitrogens is 2. The fourth-order valence-corrected chi connectivity index (χ4v) is 14.3. The Morgan fingerprint density at radius 1 is 0.256 bits per heavy atom. The highest BCUT2D eigenvalue weighted by molar-refractivity contribution is 6.13. The second-order valence-electron chi connectivity index (χ2n) is 21.9. The maximum atomic E-state index is 2.52. The first-order valence-corrected chi connectivity index (χ1v) is 28.4. The molecule has 0 saturated heterocycles. The molecule has 0 bridgehead atoms. The predicted octanol–water partition coefficient (Wildman–Crippen LogP) is 20.7. The molecule has 0 saturated carbocycles. The van der Waals surface area contributed by atoms with Crippen LogP contribution in [0.15, 0.2) is 309 Å². The van der Waals surface area contributed by atoms with Gasteiger partial charge in [-0.3, -0.25) is 0 Å². The van der Waals surface area contributed by atoms with Gasteiger partial charge in [0.1, 0.15) is 0 Å². The molecule has 82 heavy (non-hydrogen) atoms. The van der Waals surface area contributed by atoms with Gasteiger partial charge in [0.05, 0.1) is 38.9 Å². The van der Waals surface area contributed by atoms with Crippen molar-refractivity contribution in [1.82, 2.24) is 9.13 Å². The van der Waals surface area contributed by atoms with Crippen molar-refractivity contribution in [3.8, 4) is 67.0 Å². The van der Waals surface area contributed by atoms with E-state index >= 15 is 0 Å². The van der Waals surface area contributed by atoms with E-state index in [1.54, 1.807) is 0 Å². The van der Waals surface area contributed by atoms with Crippen LogP contribution in [0.3, 0.4) is 0 Å². The zero-order valence-electron chi connectivity index (χ0n) is 44.8. The SMILES string of the molecule is c1ccc(-c2ccccc2-c2ccccc2N(c2ccc(-c3cccc(-n4c5ccccc5c5ccccc54)c3)cc2)c2ccc(-c3ccc4c(c3)C3(c5ccccc5-4)c4ccccc4-n4c5ccccc5c5cccc3c54)cc2)cc1. The van der Waals surface area contributed by atoms with Crippen LogP contribution in [0.1, 0.15) is 22.3 Å². The summed E-state index contributed by atoms with van der Waals surface area (Å²) in [5.41, 5.74) is 27.2. The molecule has 1 unspecified atom stereocenters. The minimum atomic E-state index is -0.530. The number of fused-ring (bicyclic) bond motifs is 15. The van der Waals surface area contributed by atoms with Crippen LogP contribution >= 0.6 is 0 Å². The lowest BCUT2D eigenvalue weighted by molar-refractivity contribution is 0.749. The highest BCUT2D eigenvalue weighted by atomic mass is 15.1. The molecule has 13 aromatic carbocycles. The molecular weight excluding hydrogens is 991 g/mol. The van der Waals surface area contributed by atoms with Gasteiger partial charge in [0.25, 0.3) is 0 Å². The second-order valence-corrected chi connectivity index (χ2v) is 21.9. The summed E-state index contributed by atoms with van der Waals surface area (Å²) in [5, 5.41) is 5.08. The molecule has 17 rings (SSSR count). The fourth-order valence-electron chi connectivity index (χ4n) is 14.3. The Hall–Kier alpha value is -10.7. The normalized spacial score (nSPS) is 13.9. The van der Waals surface area contributed by atoms with Gasteiger partial charge in [-0.25, -0.2) is 0 Å². The topological polar surface area (TPSA) is 13.1 Å². The third-order valence-corrected chi connectivity index (χ3v) is 17.7. The summed E-state index contributed by atoms with van der Waals surface area (Å²) in [6, 6.07) is 115. The summed E-state index contributed by atoms with van der Waals surface area (Å²) < 4.78 is 4.92. The lowest BCUT2D eigenvalue weighted by Crippen LogP contribution is -2.33. The lowest BCUT2D eigenvalue weighted by Gasteiger charge is -2.39. The molecule has 3 heteroatoms. The summed E-state index contributed by atoms with van der Waals surface area (Å²) in [6.07, 6.45) is 0. The highest BCUT2D eigenvalue weighted by Crippen LogP contribution is 2.61. The van der Waals surface area contributed by atoms with Crippen LogP contribution in [0.4, 0.5) is 17.1 Å². The molecule has 1 aliphatic carbocycles. The Morgan fingerprint density at radius 2 is 0.732 bits per heavy atom. The third-order valence-electron chi connectivity index (χ3n) is 17.7. The van der Waals surface area contributed by atoms with Crippen molar-refractivity contribution in [1.29, 1.82) is 0 Å². The summed E-state index contributed by atoms with van der Waals surface area (Å²) in [7, 11) is 0. The van der Waals surface area contributed by atoms with Crippen LogP contribution in [-0.2, 0) is 5.41 Å². The summed E-state index contributed by atoms with van der Waals surface area (Å²) >= 11 is 0. The summed E-state index contributed by atoms with van der Waals surface area (Å²) in [4.78, 5) is 2.44. The van der Waals surface area contributed by atoms with Gasteiger partial charge in [-0.2, -0.15) is 0 Å².